The van der Waals surface area contributed by atoms with Gasteiger partial charge in [-0.05, 0) is 60.2 Å². The number of Topliss-reactive ketones (excluding diaryl/α,β-unsaturated/α-hetero) is 1. The molecule has 0 amide bonds. The number of halogens is 4. The summed E-state index contributed by atoms with van der Waals surface area (Å²) in [5.41, 5.74) is -4.69. The number of carbonyl (C=O) groups excluding carboxylic acids is 2. The van der Waals surface area contributed by atoms with Gasteiger partial charge in [0.25, 0.3) is 0 Å². The first-order chi connectivity index (χ1) is 17.4. The van der Waals surface area contributed by atoms with Gasteiger partial charge < -0.3 is 20.4 Å². The lowest BCUT2D eigenvalue weighted by Gasteiger charge is -2.65. The van der Waals surface area contributed by atoms with Crippen LogP contribution in [0, 0.1) is 34.0 Å². The molecule has 4 N–H and O–H groups in total. The predicted octanol–water partition coefficient (Wildman–Crippen LogP) is 3.47. The number of alkyl halides is 3. The van der Waals surface area contributed by atoms with Gasteiger partial charge in [-0.3, -0.25) is 14.4 Å². The molecule has 0 aromatic carbocycles. The monoisotopic (exact) mass is 594 g/mol. The van der Waals surface area contributed by atoms with Gasteiger partial charge >= 0.3 is 11.9 Å². The molecule has 0 aromatic rings. The molecular weight excluding hydrogens is 566 g/mol. The van der Waals surface area contributed by atoms with Crippen molar-refractivity contribution in [3.05, 3.63) is 22.8 Å². The maximum absolute atomic E-state index is 15.8. The van der Waals surface area contributed by atoms with Crippen LogP contribution in [0.15, 0.2) is 22.8 Å². The summed E-state index contributed by atoms with van der Waals surface area (Å²) in [5, 5.41) is 39.6. The zero-order chi connectivity index (χ0) is 28.7. The average Bonchev–Trinajstić information content (AvgIpc) is 3.03. The van der Waals surface area contributed by atoms with E-state index < -0.39 is 92.6 Å². The summed E-state index contributed by atoms with van der Waals surface area (Å²) >= 11 is 20.6. The molecule has 0 spiro atoms. The van der Waals surface area contributed by atoms with Crippen molar-refractivity contribution in [2.24, 2.45) is 34.0 Å². The van der Waals surface area contributed by atoms with E-state index in [2.05, 4.69) is 0 Å². The molecule has 0 aliphatic heterocycles. The molecule has 0 heterocycles. The van der Waals surface area contributed by atoms with E-state index >= 15 is 4.39 Å². The Morgan fingerprint density at radius 2 is 1.76 bits per heavy atom. The van der Waals surface area contributed by atoms with Gasteiger partial charge in [0, 0.05) is 5.41 Å². The highest BCUT2D eigenvalue weighted by Gasteiger charge is 2.78. The summed E-state index contributed by atoms with van der Waals surface area (Å²) in [6, 6.07) is 0. The quantitative estimate of drug-likeness (QED) is 0.341. The smallest absolute Gasteiger partial charge is 0.333 e. The number of aliphatic carboxylic acids is 2. The van der Waals surface area contributed by atoms with E-state index in [0.717, 1.165) is 6.08 Å². The standard InChI is InChI=1S/C26H30Cl3FO8/c1-10-4-11-12-5-15(30)13-6-16(31)14(27)8-24(13,3)26(12,29)18(28)9-23(11,2)25(10,21(36)22(37)38)20(35)17(32)7-19(33)34/h6,8,10-12,15,17-18,21,32,36H,4-5,7,9H2,1-3H3,(H,33,34)(H,37,38)/t10-,11+,12+,15-,17?,18+,21?,23+,24+,25-,26+/m1/s1. The Kier molecular flexibility index (Phi) is 7.18. The minimum atomic E-state index is -2.30. The van der Waals surface area contributed by atoms with Gasteiger partial charge in [0.1, 0.15) is 12.3 Å². The number of allylic oxidation sites excluding steroid dienone is 4. The van der Waals surface area contributed by atoms with Crippen LogP contribution in [0.1, 0.15) is 46.5 Å². The highest BCUT2D eigenvalue weighted by molar-refractivity contribution is 6.45. The molecule has 4 rings (SSSR count). The van der Waals surface area contributed by atoms with Gasteiger partial charge in [-0.2, -0.15) is 0 Å². The third-order valence-electron chi connectivity index (χ3n) is 10.1. The molecule has 0 radical (unpaired) electrons. The summed E-state index contributed by atoms with van der Waals surface area (Å²) in [6.45, 7) is 4.79. The van der Waals surface area contributed by atoms with E-state index in [9.17, 15) is 39.6 Å². The van der Waals surface area contributed by atoms with E-state index in [1.807, 2.05) is 0 Å². The van der Waals surface area contributed by atoms with Crippen molar-refractivity contribution in [1.29, 1.82) is 0 Å². The van der Waals surface area contributed by atoms with Crippen molar-refractivity contribution < 1.29 is 44.0 Å². The first-order valence-electron chi connectivity index (χ1n) is 12.4. The zero-order valence-electron chi connectivity index (χ0n) is 21.0. The molecule has 11 atom stereocenters. The number of carbonyl (C=O) groups is 4. The van der Waals surface area contributed by atoms with E-state index in [1.54, 1.807) is 20.8 Å². The predicted molar refractivity (Wildman–Crippen MR) is 136 cm³/mol. The van der Waals surface area contributed by atoms with Crippen LogP contribution in [0.3, 0.4) is 0 Å². The normalized spacial score (nSPS) is 45.6. The second-order valence-corrected chi connectivity index (χ2v) is 13.2. The molecule has 0 aromatic heterocycles. The molecule has 4 aliphatic carbocycles. The van der Waals surface area contributed by atoms with Crippen LogP contribution in [-0.4, -0.2) is 72.6 Å². The molecule has 2 unspecified atom stereocenters. The summed E-state index contributed by atoms with van der Waals surface area (Å²) in [7, 11) is 0. The molecular formula is C26H30Cl3FO8. The number of hydrogen-bond donors (Lipinski definition) is 4. The van der Waals surface area contributed by atoms with Gasteiger partial charge in [0.05, 0.1) is 27.1 Å². The van der Waals surface area contributed by atoms with Crippen LogP contribution in [0.25, 0.3) is 0 Å². The van der Waals surface area contributed by atoms with Crippen molar-refractivity contribution in [2.75, 3.05) is 0 Å². The fourth-order valence-corrected chi connectivity index (χ4v) is 10.0. The maximum Gasteiger partial charge on any atom is 0.333 e. The van der Waals surface area contributed by atoms with Crippen molar-refractivity contribution >= 4 is 58.3 Å². The molecule has 0 bridgehead atoms. The Balaban J connectivity index is 1.92. The summed E-state index contributed by atoms with van der Waals surface area (Å²) < 4.78 is 15.8. The largest absolute Gasteiger partial charge is 0.481 e. The minimum Gasteiger partial charge on any atom is -0.481 e. The summed E-state index contributed by atoms with van der Waals surface area (Å²) in [6.07, 6.45) is -4.58. The lowest BCUT2D eigenvalue weighted by atomic mass is 9.43. The Morgan fingerprint density at radius 1 is 1.16 bits per heavy atom. The molecule has 3 saturated carbocycles. The topological polar surface area (TPSA) is 149 Å². The summed E-state index contributed by atoms with van der Waals surface area (Å²) in [5.74, 6) is -7.13. The minimum absolute atomic E-state index is 0.112. The van der Waals surface area contributed by atoms with Gasteiger partial charge in [-0.15, -0.1) is 23.2 Å². The lowest BCUT2D eigenvalue weighted by molar-refractivity contribution is -0.185. The van der Waals surface area contributed by atoms with E-state index in [1.165, 1.54) is 6.08 Å². The molecule has 4 aliphatic rings. The van der Waals surface area contributed by atoms with Crippen molar-refractivity contribution in [3.63, 3.8) is 0 Å². The Bertz CT molecular complexity index is 1170. The van der Waals surface area contributed by atoms with Crippen molar-refractivity contribution in [3.8, 4) is 0 Å². The zero-order valence-corrected chi connectivity index (χ0v) is 23.2. The van der Waals surface area contributed by atoms with Crippen LogP contribution in [0.4, 0.5) is 4.39 Å². The maximum atomic E-state index is 15.8. The lowest BCUT2D eigenvalue weighted by Crippen LogP contribution is -2.69. The fourth-order valence-electron chi connectivity index (χ4n) is 8.55. The second kappa shape index (κ2) is 9.26. The Morgan fingerprint density at radius 3 is 2.32 bits per heavy atom. The van der Waals surface area contributed by atoms with Crippen LogP contribution < -0.4 is 0 Å². The van der Waals surface area contributed by atoms with Gasteiger partial charge in [0.15, 0.2) is 17.7 Å². The average molecular weight is 596 g/mol. The molecule has 8 nitrogen and oxygen atoms in total. The van der Waals surface area contributed by atoms with Crippen molar-refractivity contribution in [2.45, 2.75) is 75.1 Å². The Labute approximate surface area is 233 Å². The number of carboxylic acids is 2. The SMILES string of the molecule is C[C@@H]1C[C@H]2[C@@H]3C[C@@H](F)C4=CC(=O)C(Cl)=C[C@]4(C)[C@@]3(Cl)[C@@H](Cl)C[C@]2(C)[C@]1(C(=O)C(O)CC(=O)O)C(O)C(=O)O. The van der Waals surface area contributed by atoms with Gasteiger partial charge in [-0.1, -0.05) is 32.4 Å². The third kappa shape index (κ3) is 3.54. The number of carboxylic acid groups (broad SMARTS) is 2. The number of hydrogen-bond acceptors (Lipinski definition) is 6. The van der Waals surface area contributed by atoms with Crippen LogP contribution >= 0.6 is 34.8 Å². The van der Waals surface area contributed by atoms with Crippen LogP contribution in [-0.2, 0) is 19.2 Å². The fraction of sp³-hybridized carbons (Fsp3) is 0.692. The van der Waals surface area contributed by atoms with E-state index in [4.69, 9.17) is 34.8 Å². The first kappa shape index (κ1) is 29.5. The van der Waals surface area contributed by atoms with E-state index in [-0.39, 0.29) is 29.9 Å². The van der Waals surface area contributed by atoms with E-state index in [0.29, 0.717) is 0 Å². The number of aliphatic hydroxyl groups excluding tert-OH is 2. The third-order valence-corrected chi connectivity index (χ3v) is 11.9. The highest BCUT2D eigenvalue weighted by Crippen LogP contribution is 2.75. The van der Waals surface area contributed by atoms with Gasteiger partial charge in [-0.25, -0.2) is 9.18 Å². The molecule has 210 valence electrons. The molecule has 38 heavy (non-hydrogen) atoms. The van der Waals surface area contributed by atoms with Crippen LogP contribution in [0.5, 0.6) is 0 Å². The number of fused-ring (bicyclic) bond motifs is 5. The molecule has 3 fully saturated rings. The number of aliphatic hydroxyl groups is 2. The molecule has 12 heteroatoms. The number of rotatable bonds is 6. The van der Waals surface area contributed by atoms with Crippen LogP contribution in [0.2, 0.25) is 0 Å². The molecule has 0 saturated heterocycles. The number of ketones is 2. The van der Waals surface area contributed by atoms with Crippen molar-refractivity contribution in [1.82, 2.24) is 0 Å². The Hall–Kier alpha value is -1.52. The highest BCUT2D eigenvalue weighted by atomic mass is 35.5. The summed E-state index contributed by atoms with van der Waals surface area (Å²) in [4.78, 5) is 48.2. The second-order valence-electron chi connectivity index (χ2n) is 11.7. The van der Waals surface area contributed by atoms with Gasteiger partial charge in [0.2, 0.25) is 0 Å². The first-order valence-corrected chi connectivity index (χ1v) is 13.6.